The summed E-state index contributed by atoms with van der Waals surface area (Å²) in [5.74, 6) is -0.370. The van der Waals surface area contributed by atoms with Gasteiger partial charge in [0.05, 0.1) is 5.92 Å². The Morgan fingerprint density at radius 2 is 1.75 bits per heavy atom. The van der Waals surface area contributed by atoms with Gasteiger partial charge in [-0.05, 0) is 39.0 Å². The highest BCUT2D eigenvalue weighted by atomic mass is 16.2. The number of aromatic nitrogens is 2. The van der Waals surface area contributed by atoms with Gasteiger partial charge in [0.15, 0.2) is 0 Å². The topological polar surface area (TPSA) is 75.2 Å². The van der Waals surface area contributed by atoms with E-state index in [4.69, 9.17) is 0 Å². The van der Waals surface area contributed by atoms with Crippen molar-refractivity contribution in [3.05, 3.63) is 47.3 Å². The molecular weight excluding hydrogens is 304 g/mol. The fourth-order valence-corrected chi connectivity index (χ4v) is 2.85. The molecule has 0 aliphatic carbocycles. The number of hydrogen-bond acceptors (Lipinski definition) is 4. The number of amides is 2. The van der Waals surface area contributed by atoms with Crippen LogP contribution in [0.15, 0.2) is 30.3 Å². The van der Waals surface area contributed by atoms with Crippen LogP contribution >= 0.6 is 0 Å². The number of nitrogens with zero attached hydrogens (tertiary/aromatic N) is 3. The van der Waals surface area contributed by atoms with E-state index in [1.807, 2.05) is 51.1 Å². The molecular formula is C18H20N4O2. The molecule has 2 heterocycles. The molecule has 6 heteroatoms. The summed E-state index contributed by atoms with van der Waals surface area (Å²) in [4.78, 5) is 34.8. The standard InChI is InChI=1S/C18H20N4O2/c1-11-4-6-15(7-5-11)22-10-14(9-16(22)23)17(24)21-18-19-12(2)8-13(3)20-18/h4-8,14H,9-10H2,1-3H3,(H,19,20,21,24)/t14-/m0/s1. The van der Waals surface area contributed by atoms with Crippen molar-refractivity contribution in [3.63, 3.8) is 0 Å². The maximum absolute atomic E-state index is 12.4. The lowest BCUT2D eigenvalue weighted by Crippen LogP contribution is -2.28. The molecule has 0 radical (unpaired) electrons. The summed E-state index contributed by atoms with van der Waals surface area (Å²) < 4.78 is 0. The number of nitrogens with one attached hydrogen (secondary N) is 1. The van der Waals surface area contributed by atoms with Crippen LogP contribution in [0.5, 0.6) is 0 Å². The van der Waals surface area contributed by atoms with Gasteiger partial charge >= 0.3 is 0 Å². The van der Waals surface area contributed by atoms with Crippen LogP contribution in [-0.2, 0) is 9.59 Å². The zero-order chi connectivity index (χ0) is 17.3. The van der Waals surface area contributed by atoms with Crippen molar-refractivity contribution in [1.82, 2.24) is 9.97 Å². The largest absolute Gasteiger partial charge is 0.312 e. The van der Waals surface area contributed by atoms with Gasteiger partial charge in [-0.25, -0.2) is 9.97 Å². The molecule has 0 spiro atoms. The molecule has 3 rings (SSSR count). The Kier molecular flexibility index (Phi) is 4.29. The van der Waals surface area contributed by atoms with E-state index < -0.39 is 5.92 Å². The monoisotopic (exact) mass is 324 g/mol. The van der Waals surface area contributed by atoms with Gasteiger partial charge in [0.25, 0.3) is 0 Å². The lowest BCUT2D eigenvalue weighted by Gasteiger charge is -2.16. The van der Waals surface area contributed by atoms with E-state index in [1.165, 1.54) is 0 Å². The van der Waals surface area contributed by atoms with Crippen molar-refractivity contribution in [2.24, 2.45) is 5.92 Å². The second kappa shape index (κ2) is 6.39. The molecule has 24 heavy (non-hydrogen) atoms. The van der Waals surface area contributed by atoms with Gasteiger partial charge in [-0.1, -0.05) is 17.7 Å². The van der Waals surface area contributed by atoms with Crippen molar-refractivity contribution < 1.29 is 9.59 Å². The summed E-state index contributed by atoms with van der Waals surface area (Å²) in [5.41, 5.74) is 3.54. The zero-order valence-corrected chi connectivity index (χ0v) is 14.0. The molecule has 1 aromatic heterocycles. The van der Waals surface area contributed by atoms with E-state index in [0.717, 1.165) is 22.6 Å². The van der Waals surface area contributed by atoms with Gasteiger partial charge in [0, 0.05) is 30.0 Å². The molecule has 1 atom stereocenters. The molecule has 0 bridgehead atoms. The normalized spacial score (nSPS) is 17.2. The van der Waals surface area contributed by atoms with Crippen molar-refractivity contribution in [2.75, 3.05) is 16.8 Å². The number of carbonyl (C=O) groups is 2. The third-order valence-corrected chi connectivity index (χ3v) is 4.06. The molecule has 124 valence electrons. The Labute approximate surface area is 140 Å². The van der Waals surface area contributed by atoms with Crippen LogP contribution in [0.1, 0.15) is 23.4 Å². The quantitative estimate of drug-likeness (QED) is 0.940. The number of rotatable bonds is 3. The molecule has 2 aromatic rings. The van der Waals surface area contributed by atoms with Gasteiger partial charge < -0.3 is 4.90 Å². The summed E-state index contributed by atoms with van der Waals surface area (Å²) in [6, 6.07) is 9.56. The zero-order valence-electron chi connectivity index (χ0n) is 14.0. The Hall–Kier alpha value is -2.76. The molecule has 2 amide bonds. The van der Waals surface area contributed by atoms with Crippen molar-refractivity contribution in [2.45, 2.75) is 27.2 Å². The highest BCUT2D eigenvalue weighted by Gasteiger charge is 2.35. The SMILES string of the molecule is Cc1ccc(N2C[C@@H](C(=O)Nc3nc(C)cc(C)n3)CC2=O)cc1. The number of aryl methyl sites for hydroxylation is 3. The van der Waals surface area contributed by atoms with Crippen LogP contribution in [0.25, 0.3) is 0 Å². The summed E-state index contributed by atoms with van der Waals surface area (Å²) in [6.45, 7) is 6.07. The van der Waals surface area contributed by atoms with Gasteiger partial charge in [-0.3, -0.25) is 14.9 Å². The Bertz CT molecular complexity index is 766. The smallest absolute Gasteiger partial charge is 0.232 e. The Balaban J connectivity index is 1.70. The molecule has 0 unspecified atom stereocenters. The first-order chi connectivity index (χ1) is 11.4. The van der Waals surface area contributed by atoms with E-state index in [1.54, 1.807) is 4.90 Å². The van der Waals surface area contributed by atoms with Gasteiger partial charge in [-0.2, -0.15) is 0 Å². The van der Waals surface area contributed by atoms with Crippen molar-refractivity contribution >= 4 is 23.5 Å². The summed E-state index contributed by atoms with van der Waals surface area (Å²) >= 11 is 0. The third-order valence-electron chi connectivity index (χ3n) is 4.06. The van der Waals surface area contributed by atoms with Crippen molar-refractivity contribution in [3.8, 4) is 0 Å². The van der Waals surface area contributed by atoms with Crippen LogP contribution in [0.2, 0.25) is 0 Å². The van der Waals surface area contributed by atoms with E-state index in [9.17, 15) is 9.59 Å². The fraction of sp³-hybridized carbons (Fsp3) is 0.333. The third kappa shape index (κ3) is 3.42. The first kappa shape index (κ1) is 16.1. The molecule has 6 nitrogen and oxygen atoms in total. The second-order valence-corrected chi connectivity index (χ2v) is 6.20. The highest BCUT2D eigenvalue weighted by molar-refractivity contribution is 6.03. The minimum absolute atomic E-state index is 0.0413. The summed E-state index contributed by atoms with van der Waals surface area (Å²) in [7, 11) is 0. The fourth-order valence-electron chi connectivity index (χ4n) is 2.85. The molecule has 1 aromatic carbocycles. The van der Waals surface area contributed by atoms with E-state index in [-0.39, 0.29) is 18.2 Å². The average Bonchev–Trinajstić information content (AvgIpc) is 2.89. The minimum Gasteiger partial charge on any atom is -0.312 e. The molecule has 1 aliphatic heterocycles. The van der Waals surface area contributed by atoms with Gasteiger partial charge in [0.2, 0.25) is 17.8 Å². The maximum atomic E-state index is 12.4. The predicted octanol–water partition coefficient (Wildman–Crippen LogP) is 2.39. The summed E-state index contributed by atoms with van der Waals surface area (Å²) in [6.07, 6.45) is 0.199. The van der Waals surface area contributed by atoms with Gasteiger partial charge in [-0.15, -0.1) is 0 Å². The molecule has 1 aliphatic rings. The minimum atomic E-state index is -0.400. The van der Waals surface area contributed by atoms with Crippen LogP contribution in [0.4, 0.5) is 11.6 Å². The van der Waals surface area contributed by atoms with E-state index in [2.05, 4.69) is 15.3 Å². The predicted molar refractivity (Wildman–Crippen MR) is 91.8 cm³/mol. The van der Waals surface area contributed by atoms with Crippen LogP contribution in [0.3, 0.4) is 0 Å². The number of benzene rings is 1. The van der Waals surface area contributed by atoms with Crippen LogP contribution in [0, 0.1) is 26.7 Å². The van der Waals surface area contributed by atoms with Crippen molar-refractivity contribution in [1.29, 1.82) is 0 Å². The maximum Gasteiger partial charge on any atom is 0.232 e. The molecule has 1 N–H and O–H groups in total. The first-order valence-corrected chi connectivity index (χ1v) is 7.92. The van der Waals surface area contributed by atoms with E-state index in [0.29, 0.717) is 12.5 Å². The molecule has 0 saturated carbocycles. The van der Waals surface area contributed by atoms with Crippen LogP contribution < -0.4 is 10.2 Å². The Morgan fingerprint density at radius 3 is 2.38 bits per heavy atom. The highest BCUT2D eigenvalue weighted by Crippen LogP contribution is 2.26. The number of hydrogen-bond donors (Lipinski definition) is 1. The number of carbonyl (C=O) groups excluding carboxylic acids is 2. The summed E-state index contributed by atoms with van der Waals surface area (Å²) in [5, 5.41) is 2.73. The first-order valence-electron chi connectivity index (χ1n) is 7.92. The molecule has 1 fully saturated rings. The lowest BCUT2D eigenvalue weighted by atomic mass is 10.1. The second-order valence-electron chi connectivity index (χ2n) is 6.20. The van der Waals surface area contributed by atoms with Gasteiger partial charge in [0.1, 0.15) is 0 Å². The number of anilines is 2. The average molecular weight is 324 g/mol. The molecule has 1 saturated heterocycles. The Morgan fingerprint density at radius 1 is 1.12 bits per heavy atom. The lowest BCUT2D eigenvalue weighted by molar-refractivity contribution is -0.122. The van der Waals surface area contributed by atoms with E-state index >= 15 is 0 Å². The van der Waals surface area contributed by atoms with Crippen LogP contribution in [-0.4, -0.2) is 28.3 Å².